The minimum Gasteiger partial charge on any atom is -0.341 e. The zero-order valence-corrected chi connectivity index (χ0v) is 11.3. The molecule has 4 unspecified atom stereocenters. The minimum atomic E-state index is -0.191. The number of hydrogen-bond acceptors (Lipinski definition) is 3. The van der Waals surface area contributed by atoms with Crippen molar-refractivity contribution in [2.24, 2.45) is 23.7 Å². The summed E-state index contributed by atoms with van der Waals surface area (Å²) in [6.45, 7) is 1.47. The molecule has 2 aliphatic carbocycles. The number of fused-ring (bicyclic) bond motifs is 5. The van der Waals surface area contributed by atoms with Gasteiger partial charge in [0.2, 0.25) is 17.7 Å². The second-order valence-corrected chi connectivity index (χ2v) is 6.35. The van der Waals surface area contributed by atoms with E-state index in [2.05, 4.69) is 12.2 Å². The van der Waals surface area contributed by atoms with Crippen molar-refractivity contribution in [3.63, 3.8) is 0 Å². The molecule has 3 amide bonds. The third-order valence-electron chi connectivity index (χ3n) is 5.31. The fourth-order valence-corrected chi connectivity index (χ4v) is 4.32. The maximum atomic E-state index is 12.4. The van der Waals surface area contributed by atoms with Crippen LogP contribution in [0.15, 0.2) is 12.2 Å². The quantitative estimate of drug-likeness (QED) is 0.541. The number of hydrogen-bond donors (Lipinski definition) is 0. The number of likely N-dealkylation sites (tertiary alicyclic amines) is 2. The molecule has 0 spiro atoms. The molecule has 4 aliphatic rings. The molecule has 1 saturated carbocycles. The van der Waals surface area contributed by atoms with Gasteiger partial charge in [0, 0.05) is 13.1 Å². The molecule has 2 heterocycles. The Labute approximate surface area is 117 Å². The van der Waals surface area contributed by atoms with Gasteiger partial charge in [0.15, 0.2) is 0 Å². The SMILES string of the molecule is O=C(CN1C(=O)C2C3C=CC(C3)C2C1=O)N1CCCC1. The summed E-state index contributed by atoms with van der Waals surface area (Å²) in [6, 6.07) is 0. The van der Waals surface area contributed by atoms with E-state index in [1.165, 1.54) is 4.90 Å². The van der Waals surface area contributed by atoms with Gasteiger partial charge in [0.25, 0.3) is 0 Å². The van der Waals surface area contributed by atoms with Crippen LogP contribution in [0.2, 0.25) is 0 Å². The van der Waals surface area contributed by atoms with Gasteiger partial charge in [-0.3, -0.25) is 19.3 Å². The molecule has 0 radical (unpaired) electrons. The standard InChI is InChI=1S/C15H18N2O3/c18-11(16-5-1-2-6-16)8-17-14(19)12-9-3-4-10(7-9)13(12)15(17)20/h3-4,9-10,12-13H,1-2,5-8H2. The summed E-state index contributed by atoms with van der Waals surface area (Å²) in [5, 5.41) is 0. The molecule has 5 nitrogen and oxygen atoms in total. The number of allylic oxidation sites excluding steroid dienone is 2. The smallest absolute Gasteiger partial charge is 0.242 e. The lowest BCUT2D eigenvalue weighted by atomic mass is 9.85. The first-order valence-electron chi connectivity index (χ1n) is 7.48. The summed E-state index contributed by atoms with van der Waals surface area (Å²) in [4.78, 5) is 40.0. The molecule has 4 atom stereocenters. The molecule has 106 valence electrons. The molecule has 2 saturated heterocycles. The second kappa shape index (κ2) is 4.17. The van der Waals surface area contributed by atoms with E-state index < -0.39 is 0 Å². The Kier molecular flexibility index (Phi) is 2.53. The van der Waals surface area contributed by atoms with Gasteiger partial charge in [-0.1, -0.05) is 12.2 Å². The highest BCUT2D eigenvalue weighted by Gasteiger charge is 2.59. The van der Waals surface area contributed by atoms with Crippen LogP contribution in [0.1, 0.15) is 19.3 Å². The van der Waals surface area contributed by atoms with Crippen LogP contribution in [0.3, 0.4) is 0 Å². The monoisotopic (exact) mass is 274 g/mol. The van der Waals surface area contributed by atoms with E-state index in [0.29, 0.717) is 0 Å². The van der Waals surface area contributed by atoms with Gasteiger partial charge >= 0.3 is 0 Å². The highest BCUT2D eigenvalue weighted by atomic mass is 16.2. The molecule has 4 rings (SSSR count). The normalized spacial score (nSPS) is 38.2. The molecule has 0 N–H and O–H groups in total. The number of carbonyl (C=O) groups excluding carboxylic acids is 3. The Morgan fingerprint density at radius 2 is 1.60 bits per heavy atom. The number of rotatable bonds is 2. The zero-order valence-electron chi connectivity index (χ0n) is 11.3. The molecule has 0 aromatic rings. The van der Waals surface area contributed by atoms with Crippen LogP contribution in [0.5, 0.6) is 0 Å². The van der Waals surface area contributed by atoms with Crippen molar-refractivity contribution in [2.45, 2.75) is 19.3 Å². The van der Waals surface area contributed by atoms with E-state index in [1.807, 2.05) is 0 Å². The van der Waals surface area contributed by atoms with Crippen LogP contribution < -0.4 is 0 Å². The van der Waals surface area contributed by atoms with Gasteiger partial charge in [-0.05, 0) is 31.1 Å². The van der Waals surface area contributed by atoms with Crippen molar-refractivity contribution < 1.29 is 14.4 Å². The number of nitrogens with zero attached hydrogens (tertiary/aromatic N) is 2. The molecule has 20 heavy (non-hydrogen) atoms. The highest BCUT2D eigenvalue weighted by molar-refractivity contribution is 6.08. The van der Waals surface area contributed by atoms with Crippen molar-refractivity contribution in [2.75, 3.05) is 19.6 Å². The van der Waals surface area contributed by atoms with Crippen LogP contribution in [-0.2, 0) is 14.4 Å². The molecule has 2 aliphatic heterocycles. The fourth-order valence-electron chi connectivity index (χ4n) is 4.32. The third kappa shape index (κ3) is 1.52. The van der Waals surface area contributed by atoms with Gasteiger partial charge in [0.1, 0.15) is 6.54 Å². The zero-order chi connectivity index (χ0) is 13.9. The van der Waals surface area contributed by atoms with Gasteiger partial charge in [-0.15, -0.1) is 0 Å². The van der Waals surface area contributed by atoms with Gasteiger partial charge < -0.3 is 4.90 Å². The number of imide groups is 1. The highest BCUT2D eigenvalue weighted by Crippen LogP contribution is 2.52. The lowest BCUT2D eigenvalue weighted by molar-refractivity contribution is -0.146. The summed E-state index contributed by atoms with van der Waals surface area (Å²) >= 11 is 0. The van der Waals surface area contributed by atoms with E-state index >= 15 is 0 Å². The third-order valence-corrected chi connectivity index (χ3v) is 5.31. The Balaban J connectivity index is 1.51. The molecule has 0 aromatic carbocycles. The molecular weight excluding hydrogens is 256 g/mol. The largest absolute Gasteiger partial charge is 0.341 e. The summed E-state index contributed by atoms with van der Waals surface area (Å²) in [5.74, 6) is -0.271. The van der Waals surface area contributed by atoms with Gasteiger partial charge in [0.05, 0.1) is 11.8 Å². The van der Waals surface area contributed by atoms with Crippen LogP contribution in [0, 0.1) is 23.7 Å². The lowest BCUT2D eigenvalue weighted by Crippen LogP contribution is -2.42. The summed E-state index contributed by atoms with van der Waals surface area (Å²) in [6.07, 6.45) is 7.12. The molecular formula is C15H18N2O3. The van der Waals surface area contributed by atoms with Crippen LogP contribution in [0.4, 0.5) is 0 Å². The Morgan fingerprint density at radius 3 is 2.15 bits per heavy atom. The van der Waals surface area contributed by atoms with E-state index in [9.17, 15) is 14.4 Å². The molecule has 0 aromatic heterocycles. The summed E-state index contributed by atoms with van der Waals surface area (Å²) in [5.41, 5.74) is 0. The Bertz CT molecular complexity index is 491. The first-order chi connectivity index (χ1) is 9.66. The second-order valence-electron chi connectivity index (χ2n) is 6.35. The van der Waals surface area contributed by atoms with E-state index in [4.69, 9.17) is 0 Å². The van der Waals surface area contributed by atoms with E-state index in [0.717, 1.165) is 32.4 Å². The van der Waals surface area contributed by atoms with Gasteiger partial charge in [-0.25, -0.2) is 0 Å². The first kappa shape index (κ1) is 12.1. The molecule has 2 bridgehead atoms. The molecule has 3 fully saturated rings. The Morgan fingerprint density at radius 1 is 1.05 bits per heavy atom. The van der Waals surface area contributed by atoms with Crippen molar-refractivity contribution in [3.8, 4) is 0 Å². The maximum Gasteiger partial charge on any atom is 0.242 e. The predicted molar refractivity (Wildman–Crippen MR) is 70.3 cm³/mol. The first-order valence-corrected chi connectivity index (χ1v) is 7.48. The van der Waals surface area contributed by atoms with Crippen LogP contribution in [-0.4, -0.2) is 47.2 Å². The van der Waals surface area contributed by atoms with Gasteiger partial charge in [-0.2, -0.15) is 0 Å². The average molecular weight is 274 g/mol. The number of amides is 3. The average Bonchev–Trinajstić information content (AvgIpc) is 3.18. The lowest BCUT2D eigenvalue weighted by Gasteiger charge is -2.21. The number of carbonyl (C=O) groups is 3. The maximum absolute atomic E-state index is 12.4. The van der Waals surface area contributed by atoms with Crippen LogP contribution >= 0.6 is 0 Å². The van der Waals surface area contributed by atoms with Crippen molar-refractivity contribution >= 4 is 17.7 Å². The minimum absolute atomic E-state index is 0.0515. The Hall–Kier alpha value is -1.65. The van der Waals surface area contributed by atoms with E-state index in [1.54, 1.807) is 4.90 Å². The predicted octanol–water partition coefficient (Wildman–Crippen LogP) is 0.416. The topological polar surface area (TPSA) is 57.7 Å². The van der Waals surface area contributed by atoms with Crippen molar-refractivity contribution in [3.05, 3.63) is 12.2 Å². The summed E-state index contributed by atoms with van der Waals surface area (Å²) in [7, 11) is 0. The summed E-state index contributed by atoms with van der Waals surface area (Å²) < 4.78 is 0. The fraction of sp³-hybridized carbons (Fsp3) is 0.667. The molecule has 5 heteroatoms. The van der Waals surface area contributed by atoms with Crippen molar-refractivity contribution in [1.29, 1.82) is 0 Å². The van der Waals surface area contributed by atoms with Crippen LogP contribution in [0.25, 0.3) is 0 Å². The van der Waals surface area contributed by atoms with Crippen molar-refractivity contribution in [1.82, 2.24) is 9.80 Å². The van der Waals surface area contributed by atoms with E-state index in [-0.39, 0.29) is 47.9 Å².